The number of fused-ring (bicyclic) bond motifs is 1. The molecule has 0 aliphatic rings. The van der Waals surface area contributed by atoms with Crippen LogP contribution >= 0.6 is 0 Å². The van der Waals surface area contributed by atoms with Gasteiger partial charge in [-0.25, -0.2) is 0 Å². The van der Waals surface area contributed by atoms with Crippen LogP contribution in [0, 0.1) is 0 Å². The molecular weight excluding hydrogens is 222 g/mol. The van der Waals surface area contributed by atoms with E-state index in [9.17, 15) is 0 Å². The van der Waals surface area contributed by atoms with Gasteiger partial charge in [0.1, 0.15) is 0 Å². The summed E-state index contributed by atoms with van der Waals surface area (Å²) in [6, 6.07) is 10.3. The molecule has 0 spiro atoms. The number of rotatable bonds is 5. The summed E-state index contributed by atoms with van der Waals surface area (Å²) in [5.74, 6) is 5.68. The summed E-state index contributed by atoms with van der Waals surface area (Å²) in [7, 11) is 0. The lowest BCUT2D eigenvalue weighted by atomic mass is 9.97. The van der Waals surface area contributed by atoms with Crippen LogP contribution in [0.25, 0.3) is 10.9 Å². The van der Waals surface area contributed by atoms with Gasteiger partial charge in [0.15, 0.2) is 0 Å². The van der Waals surface area contributed by atoms with Gasteiger partial charge in [-0.3, -0.25) is 16.3 Å². The normalized spacial score (nSPS) is 12.6. The van der Waals surface area contributed by atoms with Crippen LogP contribution in [0.5, 0.6) is 0 Å². The number of nitrogens with two attached hydrogens (primary N) is 1. The molecule has 1 aromatic carbocycles. The molecule has 0 aliphatic carbocycles. The lowest BCUT2D eigenvalue weighted by Crippen LogP contribution is -2.28. The van der Waals surface area contributed by atoms with Crippen LogP contribution in [-0.2, 0) is 0 Å². The van der Waals surface area contributed by atoms with E-state index in [4.69, 9.17) is 5.84 Å². The molecule has 3 heteroatoms. The first kappa shape index (κ1) is 12.7. The summed E-state index contributed by atoms with van der Waals surface area (Å²) in [5.41, 5.74) is 6.28. The number of hydrogen-bond donors (Lipinski definition) is 2. The molecule has 1 aromatic heterocycles. The van der Waals surface area contributed by atoms with Crippen LogP contribution in [-0.4, -0.2) is 4.98 Å². The minimum Gasteiger partial charge on any atom is -0.271 e. The molecule has 0 saturated carbocycles. The molecule has 0 amide bonds. The van der Waals surface area contributed by atoms with Gasteiger partial charge in [0.25, 0.3) is 0 Å². The Hall–Kier alpha value is -1.71. The molecule has 0 aliphatic heterocycles. The third-order valence-electron chi connectivity index (χ3n) is 3.12. The Bertz CT molecular complexity index is 543. The highest BCUT2D eigenvalue weighted by Crippen LogP contribution is 2.26. The lowest BCUT2D eigenvalue weighted by Gasteiger charge is -2.18. The lowest BCUT2D eigenvalue weighted by molar-refractivity contribution is 0.518. The van der Waals surface area contributed by atoms with Gasteiger partial charge in [-0.05, 0) is 37.5 Å². The monoisotopic (exact) mass is 241 g/mol. The Labute approximate surface area is 108 Å². The topological polar surface area (TPSA) is 50.9 Å². The minimum absolute atomic E-state index is 0.134. The van der Waals surface area contributed by atoms with Gasteiger partial charge in [0, 0.05) is 17.6 Å². The van der Waals surface area contributed by atoms with E-state index in [-0.39, 0.29) is 6.04 Å². The maximum Gasteiger partial charge on any atom is 0.0705 e. The van der Waals surface area contributed by atoms with Gasteiger partial charge in [-0.1, -0.05) is 23.8 Å². The second-order valence-electron chi connectivity index (χ2n) is 4.63. The van der Waals surface area contributed by atoms with E-state index in [1.165, 1.54) is 11.1 Å². The van der Waals surface area contributed by atoms with Crippen molar-refractivity contribution in [2.45, 2.75) is 25.8 Å². The van der Waals surface area contributed by atoms with E-state index in [1.807, 2.05) is 37.4 Å². The first-order chi connectivity index (χ1) is 8.72. The number of nitrogens with one attached hydrogen (secondary N) is 1. The molecule has 3 N–H and O–H groups in total. The Balaban J connectivity index is 2.35. The number of pyridine rings is 1. The zero-order valence-corrected chi connectivity index (χ0v) is 10.7. The van der Waals surface area contributed by atoms with Crippen molar-refractivity contribution in [3.63, 3.8) is 0 Å². The van der Waals surface area contributed by atoms with Crippen LogP contribution in [0.1, 0.15) is 31.4 Å². The van der Waals surface area contributed by atoms with Gasteiger partial charge >= 0.3 is 0 Å². The summed E-state index contributed by atoms with van der Waals surface area (Å²) >= 11 is 0. The van der Waals surface area contributed by atoms with Crippen LogP contribution in [0.15, 0.2) is 48.7 Å². The number of para-hydroxylation sites is 1. The van der Waals surface area contributed by atoms with Crippen molar-refractivity contribution in [3.05, 3.63) is 54.2 Å². The molecule has 2 aromatic rings. The molecule has 2 rings (SSSR count). The molecule has 0 bridgehead atoms. The van der Waals surface area contributed by atoms with Gasteiger partial charge < -0.3 is 0 Å². The molecule has 94 valence electrons. The molecule has 0 saturated heterocycles. The average Bonchev–Trinajstić information content (AvgIpc) is 2.39. The molecule has 1 atom stereocenters. The van der Waals surface area contributed by atoms with Gasteiger partial charge in [0.05, 0.1) is 5.52 Å². The third kappa shape index (κ3) is 2.75. The fourth-order valence-electron chi connectivity index (χ4n) is 2.14. The van der Waals surface area contributed by atoms with Gasteiger partial charge in [-0.2, -0.15) is 0 Å². The number of nitrogens with zero attached hydrogens (tertiary/aromatic N) is 1. The van der Waals surface area contributed by atoms with Crippen LogP contribution in [0.2, 0.25) is 0 Å². The highest BCUT2D eigenvalue weighted by atomic mass is 15.2. The highest BCUT2D eigenvalue weighted by Gasteiger charge is 2.12. The predicted molar refractivity (Wildman–Crippen MR) is 75.9 cm³/mol. The van der Waals surface area contributed by atoms with E-state index in [1.54, 1.807) is 0 Å². The molecule has 0 fully saturated rings. The minimum atomic E-state index is 0.134. The van der Waals surface area contributed by atoms with E-state index in [0.717, 1.165) is 23.7 Å². The van der Waals surface area contributed by atoms with Crippen molar-refractivity contribution in [3.8, 4) is 0 Å². The zero-order chi connectivity index (χ0) is 13.0. The van der Waals surface area contributed by atoms with Crippen LogP contribution in [0.3, 0.4) is 0 Å². The van der Waals surface area contributed by atoms with Gasteiger partial charge in [0.2, 0.25) is 0 Å². The average molecular weight is 241 g/mol. The van der Waals surface area contributed by atoms with Crippen molar-refractivity contribution >= 4 is 10.9 Å². The molecular formula is C15H19N3. The number of allylic oxidation sites excluding steroid dienone is 1. The number of aromatic nitrogens is 1. The summed E-state index contributed by atoms with van der Waals surface area (Å²) in [6.07, 6.45) is 3.74. The van der Waals surface area contributed by atoms with Gasteiger partial charge in [-0.15, -0.1) is 6.58 Å². The number of hydrogen-bond acceptors (Lipinski definition) is 3. The SMILES string of the molecule is C=C(C)CCC(NN)c1ccnc2ccccc12. The summed E-state index contributed by atoms with van der Waals surface area (Å²) in [4.78, 5) is 4.37. The maximum absolute atomic E-state index is 5.68. The quantitative estimate of drug-likeness (QED) is 0.480. The second kappa shape index (κ2) is 5.76. The van der Waals surface area contributed by atoms with Crippen LogP contribution in [0.4, 0.5) is 0 Å². The standard InChI is InChI=1S/C15H19N3/c1-11(2)7-8-15(18-16)13-9-10-17-14-6-4-3-5-12(13)14/h3-6,9-10,15,18H,1,7-8,16H2,2H3. The molecule has 1 heterocycles. The smallest absolute Gasteiger partial charge is 0.0705 e. The fourth-order valence-corrected chi connectivity index (χ4v) is 2.14. The number of benzene rings is 1. The summed E-state index contributed by atoms with van der Waals surface area (Å²) in [6.45, 7) is 5.98. The van der Waals surface area contributed by atoms with E-state index >= 15 is 0 Å². The zero-order valence-electron chi connectivity index (χ0n) is 10.7. The van der Waals surface area contributed by atoms with Crippen molar-refractivity contribution in [1.82, 2.24) is 10.4 Å². The van der Waals surface area contributed by atoms with Crippen LogP contribution < -0.4 is 11.3 Å². The first-order valence-electron chi connectivity index (χ1n) is 6.16. The van der Waals surface area contributed by atoms with E-state index < -0.39 is 0 Å². The summed E-state index contributed by atoms with van der Waals surface area (Å²) < 4.78 is 0. The molecule has 3 nitrogen and oxygen atoms in total. The Kier molecular flexibility index (Phi) is 4.07. The molecule has 0 radical (unpaired) electrons. The van der Waals surface area contributed by atoms with Crippen molar-refractivity contribution < 1.29 is 0 Å². The first-order valence-corrected chi connectivity index (χ1v) is 6.16. The fraction of sp³-hybridized carbons (Fsp3) is 0.267. The Morgan fingerprint density at radius 3 is 2.89 bits per heavy atom. The molecule has 1 unspecified atom stereocenters. The number of hydrazine groups is 1. The predicted octanol–water partition coefficient (Wildman–Crippen LogP) is 3.10. The Morgan fingerprint density at radius 1 is 1.39 bits per heavy atom. The van der Waals surface area contributed by atoms with Crippen molar-refractivity contribution in [2.24, 2.45) is 5.84 Å². The van der Waals surface area contributed by atoms with E-state index in [0.29, 0.717) is 0 Å². The largest absolute Gasteiger partial charge is 0.271 e. The maximum atomic E-state index is 5.68. The third-order valence-corrected chi connectivity index (χ3v) is 3.12. The second-order valence-corrected chi connectivity index (χ2v) is 4.63. The highest BCUT2D eigenvalue weighted by molar-refractivity contribution is 5.82. The summed E-state index contributed by atoms with van der Waals surface area (Å²) in [5, 5.41) is 1.16. The van der Waals surface area contributed by atoms with Crippen molar-refractivity contribution in [2.75, 3.05) is 0 Å². The van der Waals surface area contributed by atoms with Crippen molar-refractivity contribution in [1.29, 1.82) is 0 Å². The molecule has 18 heavy (non-hydrogen) atoms. The van der Waals surface area contributed by atoms with E-state index in [2.05, 4.69) is 23.1 Å². The Morgan fingerprint density at radius 2 is 2.17 bits per heavy atom.